The average Bonchev–Trinajstić information content (AvgIpc) is 2.87. The SMILES string of the molecule is CC(=O)c1cn(C(C)C)c2cc(Cc3c(C)n[nH]c3C)c(F)cc2c1=O. The largest absolute Gasteiger partial charge is 0.344 e. The molecule has 0 saturated heterocycles. The summed E-state index contributed by atoms with van der Waals surface area (Å²) in [5, 5.41) is 7.29. The number of nitrogens with one attached hydrogen (secondary N) is 1. The van der Waals surface area contributed by atoms with Crippen LogP contribution in [0.15, 0.2) is 23.1 Å². The van der Waals surface area contributed by atoms with Gasteiger partial charge in [0.1, 0.15) is 5.82 Å². The number of pyridine rings is 1. The van der Waals surface area contributed by atoms with E-state index in [1.807, 2.05) is 32.3 Å². The topological polar surface area (TPSA) is 67.8 Å². The first kappa shape index (κ1) is 18.0. The zero-order valence-corrected chi connectivity index (χ0v) is 15.6. The molecule has 0 aliphatic carbocycles. The lowest BCUT2D eigenvalue weighted by molar-refractivity contribution is 0.101. The van der Waals surface area contributed by atoms with Crippen LogP contribution in [0, 0.1) is 19.7 Å². The van der Waals surface area contributed by atoms with Crippen molar-refractivity contribution in [1.29, 1.82) is 0 Å². The molecule has 0 fully saturated rings. The van der Waals surface area contributed by atoms with E-state index in [-0.39, 0.29) is 22.8 Å². The number of rotatable bonds is 4. The van der Waals surface area contributed by atoms with Gasteiger partial charge in [-0.15, -0.1) is 0 Å². The van der Waals surface area contributed by atoms with Crippen LogP contribution in [0.2, 0.25) is 0 Å². The molecule has 0 radical (unpaired) electrons. The molecule has 26 heavy (non-hydrogen) atoms. The van der Waals surface area contributed by atoms with Crippen LogP contribution in [0.5, 0.6) is 0 Å². The van der Waals surface area contributed by atoms with E-state index in [0.29, 0.717) is 17.5 Å². The highest BCUT2D eigenvalue weighted by Gasteiger charge is 2.18. The second kappa shape index (κ2) is 6.52. The quantitative estimate of drug-likeness (QED) is 0.723. The maximum Gasteiger partial charge on any atom is 0.200 e. The zero-order valence-electron chi connectivity index (χ0n) is 15.6. The molecule has 3 rings (SSSR count). The van der Waals surface area contributed by atoms with E-state index in [0.717, 1.165) is 17.0 Å². The van der Waals surface area contributed by atoms with Gasteiger partial charge in [-0.05, 0) is 52.3 Å². The number of aromatic nitrogens is 3. The van der Waals surface area contributed by atoms with Crippen molar-refractivity contribution >= 4 is 16.7 Å². The van der Waals surface area contributed by atoms with Crippen LogP contribution in [-0.2, 0) is 6.42 Å². The Morgan fingerprint density at radius 2 is 2.00 bits per heavy atom. The minimum Gasteiger partial charge on any atom is -0.344 e. The third-order valence-corrected chi connectivity index (χ3v) is 4.78. The van der Waals surface area contributed by atoms with Crippen molar-refractivity contribution in [3.63, 3.8) is 0 Å². The molecule has 0 aliphatic heterocycles. The number of hydrogen-bond acceptors (Lipinski definition) is 3. The number of aromatic amines is 1. The molecule has 0 spiro atoms. The Labute approximate surface area is 150 Å². The third kappa shape index (κ3) is 2.96. The van der Waals surface area contributed by atoms with Crippen LogP contribution < -0.4 is 5.43 Å². The van der Waals surface area contributed by atoms with Gasteiger partial charge in [0.25, 0.3) is 0 Å². The predicted molar refractivity (Wildman–Crippen MR) is 99.4 cm³/mol. The smallest absolute Gasteiger partial charge is 0.200 e. The summed E-state index contributed by atoms with van der Waals surface area (Å²) in [6.07, 6.45) is 1.96. The summed E-state index contributed by atoms with van der Waals surface area (Å²) >= 11 is 0. The van der Waals surface area contributed by atoms with E-state index in [1.165, 1.54) is 13.0 Å². The number of halogens is 1. The van der Waals surface area contributed by atoms with Gasteiger partial charge in [0.05, 0.1) is 16.8 Å². The first-order valence-corrected chi connectivity index (χ1v) is 8.59. The summed E-state index contributed by atoms with van der Waals surface area (Å²) in [5.74, 6) is -0.772. The molecule has 5 nitrogen and oxygen atoms in total. The number of ketones is 1. The van der Waals surface area contributed by atoms with Crippen molar-refractivity contribution in [2.45, 2.75) is 47.1 Å². The summed E-state index contributed by atoms with van der Waals surface area (Å²) in [7, 11) is 0. The van der Waals surface area contributed by atoms with Crippen molar-refractivity contribution in [3.05, 3.63) is 62.4 Å². The number of carbonyl (C=O) groups is 1. The molecule has 2 heterocycles. The van der Waals surface area contributed by atoms with Gasteiger partial charge in [0, 0.05) is 35.3 Å². The molecular weight excluding hydrogens is 333 g/mol. The van der Waals surface area contributed by atoms with E-state index >= 15 is 0 Å². The molecule has 136 valence electrons. The Hall–Kier alpha value is -2.76. The van der Waals surface area contributed by atoms with Gasteiger partial charge in [-0.1, -0.05) is 0 Å². The number of aryl methyl sites for hydroxylation is 2. The molecule has 0 atom stereocenters. The predicted octanol–water partition coefficient (Wildman–Crippen LogP) is 3.85. The number of hydrogen-bond donors (Lipinski definition) is 1. The van der Waals surface area contributed by atoms with Crippen LogP contribution in [0.25, 0.3) is 10.9 Å². The van der Waals surface area contributed by atoms with Crippen LogP contribution in [0.1, 0.15) is 59.7 Å². The van der Waals surface area contributed by atoms with Gasteiger partial charge in [0.2, 0.25) is 0 Å². The summed E-state index contributed by atoms with van der Waals surface area (Å²) in [5.41, 5.74) is 3.46. The summed E-state index contributed by atoms with van der Waals surface area (Å²) < 4.78 is 16.6. The average molecular weight is 355 g/mol. The lowest BCUT2D eigenvalue weighted by Gasteiger charge is -2.17. The summed E-state index contributed by atoms with van der Waals surface area (Å²) in [6, 6.07) is 2.98. The van der Waals surface area contributed by atoms with Gasteiger partial charge >= 0.3 is 0 Å². The molecule has 0 amide bonds. The van der Waals surface area contributed by atoms with Gasteiger partial charge in [0.15, 0.2) is 11.2 Å². The normalized spacial score (nSPS) is 11.5. The zero-order chi connectivity index (χ0) is 19.2. The highest BCUT2D eigenvalue weighted by atomic mass is 19.1. The number of nitrogens with zero attached hydrogens (tertiary/aromatic N) is 2. The fourth-order valence-corrected chi connectivity index (χ4v) is 3.25. The third-order valence-electron chi connectivity index (χ3n) is 4.78. The van der Waals surface area contributed by atoms with Crippen molar-refractivity contribution in [2.75, 3.05) is 0 Å². The van der Waals surface area contributed by atoms with E-state index in [2.05, 4.69) is 10.2 Å². The maximum atomic E-state index is 14.8. The molecule has 0 unspecified atom stereocenters. The second-order valence-electron chi connectivity index (χ2n) is 6.98. The highest BCUT2D eigenvalue weighted by Crippen LogP contribution is 2.24. The van der Waals surface area contributed by atoms with Crippen molar-refractivity contribution < 1.29 is 9.18 Å². The number of H-pyrrole nitrogens is 1. The van der Waals surface area contributed by atoms with Gasteiger partial charge in [-0.2, -0.15) is 5.10 Å². The van der Waals surface area contributed by atoms with E-state index in [9.17, 15) is 14.0 Å². The van der Waals surface area contributed by atoms with Gasteiger partial charge in [-0.3, -0.25) is 14.7 Å². The summed E-state index contributed by atoms with van der Waals surface area (Å²) in [6.45, 7) is 9.04. The number of fused-ring (bicyclic) bond motifs is 1. The molecule has 3 aromatic rings. The Balaban J connectivity index is 2.27. The first-order chi connectivity index (χ1) is 12.2. The molecule has 1 N–H and O–H groups in total. The maximum absolute atomic E-state index is 14.8. The number of carbonyl (C=O) groups excluding carboxylic acids is 1. The number of benzene rings is 1. The van der Waals surface area contributed by atoms with Crippen molar-refractivity contribution in [1.82, 2.24) is 14.8 Å². The van der Waals surface area contributed by atoms with E-state index in [4.69, 9.17) is 0 Å². The van der Waals surface area contributed by atoms with Gasteiger partial charge < -0.3 is 4.57 Å². The molecule has 0 aliphatic rings. The molecule has 0 bridgehead atoms. The first-order valence-electron chi connectivity index (χ1n) is 8.59. The van der Waals surface area contributed by atoms with Crippen LogP contribution in [0.4, 0.5) is 4.39 Å². The van der Waals surface area contributed by atoms with Crippen LogP contribution in [-0.4, -0.2) is 20.5 Å². The minimum absolute atomic E-state index is 0.0203. The highest BCUT2D eigenvalue weighted by molar-refractivity contribution is 5.97. The lowest BCUT2D eigenvalue weighted by Crippen LogP contribution is -2.19. The Kier molecular flexibility index (Phi) is 4.52. The minimum atomic E-state index is -0.453. The number of Topliss-reactive ketones (excluding diaryl/α,β-unsaturated/α-hetero) is 1. The summed E-state index contributed by atoms with van der Waals surface area (Å²) in [4.78, 5) is 24.4. The molecule has 1 aromatic carbocycles. The Bertz CT molecular complexity index is 1060. The van der Waals surface area contributed by atoms with Crippen molar-refractivity contribution in [3.8, 4) is 0 Å². The molecule has 6 heteroatoms. The molecule has 0 saturated carbocycles. The fourth-order valence-electron chi connectivity index (χ4n) is 3.25. The lowest BCUT2D eigenvalue weighted by atomic mass is 9.99. The van der Waals surface area contributed by atoms with Crippen LogP contribution >= 0.6 is 0 Å². The molecular formula is C20H22FN3O2. The van der Waals surface area contributed by atoms with Gasteiger partial charge in [-0.25, -0.2) is 4.39 Å². The fraction of sp³-hybridized carbons (Fsp3) is 0.350. The van der Waals surface area contributed by atoms with E-state index in [1.54, 1.807) is 12.3 Å². The monoisotopic (exact) mass is 355 g/mol. The Morgan fingerprint density at radius 1 is 1.31 bits per heavy atom. The second-order valence-corrected chi connectivity index (χ2v) is 6.98. The Morgan fingerprint density at radius 3 is 2.54 bits per heavy atom. The van der Waals surface area contributed by atoms with Crippen LogP contribution in [0.3, 0.4) is 0 Å². The van der Waals surface area contributed by atoms with E-state index < -0.39 is 11.2 Å². The molecule has 2 aromatic heterocycles. The van der Waals surface area contributed by atoms with Crippen molar-refractivity contribution in [2.24, 2.45) is 0 Å². The standard InChI is InChI=1S/C20H22FN3O2/c1-10(2)24-9-17(13(5)25)20(26)16-8-18(21)14(7-19(16)24)6-15-11(3)22-23-12(15)4/h7-10H,6H2,1-5H3,(H,22,23).